The Kier molecular flexibility index (Phi) is 6.09. The lowest BCUT2D eigenvalue weighted by Crippen LogP contribution is -2.35. The second-order valence-electron chi connectivity index (χ2n) is 6.72. The molecule has 0 aliphatic carbocycles. The van der Waals surface area contributed by atoms with Crippen molar-refractivity contribution in [3.63, 3.8) is 0 Å². The fourth-order valence-electron chi connectivity index (χ4n) is 3.37. The number of carbonyl (C=O) groups is 2. The van der Waals surface area contributed by atoms with Gasteiger partial charge >= 0.3 is 5.97 Å². The molecule has 0 spiro atoms. The second-order valence-corrected chi connectivity index (χ2v) is 6.72. The molecule has 1 aliphatic heterocycles. The first-order valence-electron chi connectivity index (χ1n) is 9.20. The molecule has 6 heteroatoms. The number of rotatable bonds is 6. The summed E-state index contributed by atoms with van der Waals surface area (Å²) in [6, 6.07) is 10.7. The third-order valence-corrected chi connectivity index (χ3v) is 5.10. The quantitative estimate of drug-likeness (QED) is 0.565. The zero-order valence-corrected chi connectivity index (χ0v) is 16.2. The van der Waals surface area contributed by atoms with Crippen molar-refractivity contribution in [2.24, 2.45) is 5.92 Å². The van der Waals surface area contributed by atoms with Crippen molar-refractivity contribution in [2.75, 3.05) is 27.3 Å². The molecule has 2 aromatic rings. The predicted molar refractivity (Wildman–Crippen MR) is 106 cm³/mol. The van der Waals surface area contributed by atoms with E-state index in [0.717, 1.165) is 42.9 Å². The first-order chi connectivity index (χ1) is 13.5. The van der Waals surface area contributed by atoms with Crippen LogP contribution in [0, 0.1) is 5.92 Å². The maximum Gasteiger partial charge on any atom is 0.339 e. The maximum absolute atomic E-state index is 12.7. The summed E-state index contributed by atoms with van der Waals surface area (Å²) in [6.07, 6.45) is 3.03. The molecule has 1 aromatic heterocycles. The number of ether oxygens (including phenoxy) is 2. The number of pyridine rings is 1. The maximum atomic E-state index is 12.7. The van der Waals surface area contributed by atoms with Crippen LogP contribution in [0.5, 0.6) is 5.75 Å². The number of nitrogens with zero attached hydrogens (tertiary/aromatic N) is 2. The molecule has 0 amide bonds. The summed E-state index contributed by atoms with van der Waals surface area (Å²) >= 11 is 0. The minimum atomic E-state index is -0.414. The van der Waals surface area contributed by atoms with Crippen LogP contribution >= 0.6 is 0 Å². The molecule has 0 unspecified atom stereocenters. The summed E-state index contributed by atoms with van der Waals surface area (Å²) in [5.74, 6) is 0.511. The Morgan fingerprint density at radius 1 is 1.04 bits per heavy atom. The van der Waals surface area contributed by atoms with E-state index in [1.165, 1.54) is 13.3 Å². The summed E-state index contributed by atoms with van der Waals surface area (Å²) in [5, 5.41) is 0. The standard InChI is InChI=1S/C22H24N2O4/c1-15(20-9-6-18(14-23-20)22(26)28-3)24-12-10-17(11-13-24)21(25)16-4-7-19(27-2)8-5-16/h4-9,14,17H,1,10-13H2,2-3H3. The number of methoxy groups -OCH3 is 2. The fraction of sp³-hybridized carbons (Fsp3) is 0.318. The zero-order chi connectivity index (χ0) is 20.1. The molecule has 28 heavy (non-hydrogen) atoms. The van der Waals surface area contributed by atoms with Crippen LogP contribution in [0.1, 0.15) is 39.3 Å². The number of carbonyl (C=O) groups excluding carboxylic acids is 2. The van der Waals surface area contributed by atoms with Gasteiger partial charge in [-0.05, 0) is 49.2 Å². The molecular formula is C22H24N2O4. The van der Waals surface area contributed by atoms with Gasteiger partial charge in [-0.25, -0.2) is 4.79 Å². The van der Waals surface area contributed by atoms with Gasteiger partial charge in [0.05, 0.1) is 31.2 Å². The van der Waals surface area contributed by atoms with Gasteiger partial charge in [-0.1, -0.05) is 6.58 Å². The topological polar surface area (TPSA) is 68.7 Å². The van der Waals surface area contributed by atoms with Gasteiger partial charge < -0.3 is 14.4 Å². The van der Waals surface area contributed by atoms with E-state index in [0.29, 0.717) is 11.3 Å². The number of hydrogen-bond acceptors (Lipinski definition) is 6. The Bertz CT molecular complexity index is 851. The average molecular weight is 380 g/mol. The first kappa shape index (κ1) is 19.6. The van der Waals surface area contributed by atoms with Gasteiger partial charge in [0.15, 0.2) is 5.78 Å². The van der Waals surface area contributed by atoms with Crippen molar-refractivity contribution >= 4 is 17.4 Å². The van der Waals surface area contributed by atoms with Gasteiger partial charge in [-0.15, -0.1) is 0 Å². The van der Waals surface area contributed by atoms with Gasteiger partial charge in [0.25, 0.3) is 0 Å². The third-order valence-electron chi connectivity index (χ3n) is 5.10. The van der Waals surface area contributed by atoms with E-state index in [1.807, 2.05) is 24.3 Å². The van der Waals surface area contributed by atoms with Crippen molar-refractivity contribution in [3.05, 3.63) is 66.0 Å². The van der Waals surface area contributed by atoms with Crippen molar-refractivity contribution < 1.29 is 19.1 Å². The minimum Gasteiger partial charge on any atom is -0.497 e. The van der Waals surface area contributed by atoms with Gasteiger partial charge in [0.1, 0.15) is 5.75 Å². The van der Waals surface area contributed by atoms with E-state index in [2.05, 4.69) is 21.2 Å². The van der Waals surface area contributed by atoms with E-state index in [9.17, 15) is 9.59 Å². The van der Waals surface area contributed by atoms with Gasteiger partial charge in [-0.3, -0.25) is 9.78 Å². The molecule has 3 rings (SSSR count). The molecule has 0 radical (unpaired) electrons. The minimum absolute atomic E-state index is 0.00658. The summed E-state index contributed by atoms with van der Waals surface area (Å²) < 4.78 is 9.83. The first-order valence-corrected chi connectivity index (χ1v) is 9.20. The number of hydrogen-bond donors (Lipinski definition) is 0. The van der Waals surface area contributed by atoms with Crippen molar-refractivity contribution in [1.29, 1.82) is 0 Å². The number of Topliss-reactive ketones (excluding diaryl/α,β-unsaturated/α-hetero) is 1. The van der Waals surface area contributed by atoms with Crippen LogP contribution in [0.3, 0.4) is 0 Å². The lowest BCUT2D eigenvalue weighted by Gasteiger charge is -2.34. The highest BCUT2D eigenvalue weighted by Crippen LogP contribution is 2.27. The summed E-state index contributed by atoms with van der Waals surface area (Å²) in [4.78, 5) is 30.7. The summed E-state index contributed by atoms with van der Waals surface area (Å²) in [7, 11) is 2.95. The van der Waals surface area contributed by atoms with Gasteiger partial charge in [0, 0.05) is 30.8 Å². The van der Waals surface area contributed by atoms with Crippen LogP contribution in [-0.4, -0.2) is 48.9 Å². The molecule has 0 bridgehead atoms. The highest BCUT2D eigenvalue weighted by molar-refractivity contribution is 5.98. The number of piperidine rings is 1. The smallest absolute Gasteiger partial charge is 0.339 e. The lowest BCUT2D eigenvalue weighted by atomic mass is 9.88. The number of benzene rings is 1. The van der Waals surface area contributed by atoms with E-state index < -0.39 is 5.97 Å². The Morgan fingerprint density at radius 3 is 2.21 bits per heavy atom. The molecule has 6 nitrogen and oxygen atoms in total. The monoisotopic (exact) mass is 380 g/mol. The van der Waals surface area contributed by atoms with Crippen molar-refractivity contribution in [1.82, 2.24) is 9.88 Å². The highest BCUT2D eigenvalue weighted by atomic mass is 16.5. The number of aromatic nitrogens is 1. The Hall–Kier alpha value is -3.15. The molecule has 1 aliphatic rings. The SMILES string of the molecule is C=C(c1ccc(C(=O)OC)cn1)N1CCC(C(=O)c2ccc(OC)cc2)CC1. The molecule has 1 saturated heterocycles. The number of likely N-dealkylation sites (tertiary alicyclic amines) is 1. The Balaban J connectivity index is 1.59. The van der Waals surface area contributed by atoms with Crippen molar-refractivity contribution in [2.45, 2.75) is 12.8 Å². The van der Waals surface area contributed by atoms with E-state index in [1.54, 1.807) is 19.2 Å². The predicted octanol–water partition coefficient (Wildman–Crippen LogP) is 3.44. The lowest BCUT2D eigenvalue weighted by molar-refractivity contribution is 0.0600. The summed E-state index contributed by atoms with van der Waals surface area (Å²) in [6.45, 7) is 5.62. The van der Waals surface area contributed by atoms with Crippen LogP contribution in [0.15, 0.2) is 49.2 Å². The molecule has 1 fully saturated rings. The van der Waals surface area contributed by atoms with Crippen LogP contribution in [0.2, 0.25) is 0 Å². The van der Waals surface area contributed by atoms with E-state index in [-0.39, 0.29) is 11.7 Å². The molecule has 2 heterocycles. The number of esters is 1. The molecule has 0 N–H and O–H groups in total. The van der Waals surface area contributed by atoms with Crippen molar-refractivity contribution in [3.8, 4) is 5.75 Å². The van der Waals surface area contributed by atoms with Crippen LogP contribution in [-0.2, 0) is 4.74 Å². The van der Waals surface area contributed by atoms with Crippen LogP contribution in [0.25, 0.3) is 5.70 Å². The third kappa shape index (κ3) is 4.22. The van der Waals surface area contributed by atoms with Gasteiger partial charge in [-0.2, -0.15) is 0 Å². The second kappa shape index (κ2) is 8.69. The number of ketones is 1. The zero-order valence-electron chi connectivity index (χ0n) is 16.2. The average Bonchev–Trinajstić information content (AvgIpc) is 2.78. The van der Waals surface area contributed by atoms with E-state index >= 15 is 0 Å². The van der Waals surface area contributed by atoms with Crippen LogP contribution in [0.4, 0.5) is 0 Å². The fourth-order valence-corrected chi connectivity index (χ4v) is 3.37. The highest BCUT2D eigenvalue weighted by Gasteiger charge is 2.27. The normalized spacial score (nSPS) is 14.4. The molecule has 1 aromatic carbocycles. The summed E-state index contributed by atoms with van der Waals surface area (Å²) in [5.41, 5.74) is 2.64. The Labute approximate surface area is 164 Å². The molecule has 0 atom stereocenters. The van der Waals surface area contributed by atoms with E-state index in [4.69, 9.17) is 4.74 Å². The molecule has 0 saturated carbocycles. The van der Waals surface area contributed by atoms with Gasteiger partial charge in [0.2, 0.25) is 0 Å². The molecule has 146 valence electrons. The largest absolute Gasteiger partial charge is 0.497 e. The Morgan fingerprint density at radius 2 is 1.68 bits per heavy atom. The molecular weight excluding hydrogens is 356 g/mol. The van der Waals surface area contributed by atoms with Crippen LogP contribution < -0.4 is 4.74 Å².